The summed E-state index contributed by atoms with van der Waals surface area (Å²) in [5.74, 6) is 0.260. The maximum absolute atomic E-state index is 11.9. The minimum Gasteiger partial charge on any atom is -0.495 e. The van der Waals surface area contributed by atoms with E-state index in [1.54, 1.807) is 42.6 Å². The van der Waals surface area contributed by atoms with Gasteiger partial charge in [0.25, 0.3) is 0 Å². The number of methoxy groups -OCH3 is 1. The fourth-order valence-corrected chi connectivity index (χ4v) is 1.90. The van der Waals surface area contributed by atoms with E-state index in [1.807, 2.05) is 6.92 Å². The van der Waals surface area contributed by atoms with E-state index in [4.69, 9.17) is 10.00 Å². The zero-order valence-corrected chi connectivity index (χ0v) is 12.3. The van der Waals surface area contributed by atoms with Gasteiger partial charge in [-0.3, -0.25) is 9.78 Å². The highest BCUT2D eigenvalue weighted by Crippen LogP contribution is 2.19. The molecule has 0 saturated heterocycles. The van der Waals surface area contributed by atoms with Crippen LogP contribution in [0.15, 0.2) is 42.6 Å². The lowest BCUT2D eigenvalue weighted by Crippen LogP contribution is -2.07. The highest BCUT2D eigenvalue weighted by molar-refractivity contribution is 6.01. The molecule has 1 aromatic carbocycles. The van der Waals surface area contributed by atoms with Gasteiger partial charge in [0.15, 0.2) is 0 Å². The maximum atomic E-state index is 11.9. The number of benzene rings is 1. The zero-order chi connectivity index (χ0) is 15.9. The first-order valence-corrected chi connectivity index (χ1v) is 6.62. The number of rotatable bonds is 4. The van der Waals surface area contributed by atoms with Gasteiger partial charge in [0.05, 0.1) is 12.7 Å². The van der Waals surface area contributed by atoms with Crippen molar-refractivity contribution in [2.75, 3.05) is 12.4 Å². The van der Waals surface area contributed by atoms with Crippen molar-refractivity contribution in [3.05, 3.63) is 59.4 Å². The van der Waals surface area contributed by atoms with Crippen LogP contribution in [0.4, 0.5) is 5.69 Å². The van der Waals surface area contributed by atoms with E-state index < -0.39 is 0 Å². The van der Waals surface area contributed by atoms with E-state index in [1.165, 1.54) is 13.2 Å². The average molecular weight is 293 g/mol. The van der Waals surface area contributed by atoms with Crippen LogP contribution in [-0.4, -0.2) is 18.0 Å². The number of hydrogen-bond acceptors (Lipinski definition) is 4. The molecular formula is C17H15N3O2. The molecule has 2 rings (SSSR count). The third-order valence-electron chi connectivity index (χ3n) is 2.94. The number of nitrogens with zero attached hydrogens (tertiary/aromatic N) is 2. The van der Waals surface area contributed by atoms with Crippen LogP contribution in [0.1, 0.15) is 16.8 Å². The summed E-state index contributed by atoms with van der Waals surface area (Å²) in [4.78, 5) is 15.9. The monoisotopic (exact) mass is 293 g/mol. The van der Waals surface area contributed by atoms with Crippen molar-refractivity contribution in [2.45, 2.75) is 6.92 Å². The van der Waals surface area contributed by atoms with Crippen molar-refractivity contribution in [2.24, 2.45) is 0 Å². The van der Waals surface area contributed by atoms with Gasteiger partial charge < -0.3 is 10.1 Å². The van der Waals surface area contributed by atoms with Crippen LogP contribution in [0.5, 0.6) is 5.75 Å². The number of carbonyl (C=O) groups is 1. The second kappa shape index (κ2) is 7.04. The van der Waals surface area contributed by atoms with Gasteiger partial charge in [0.2, 0.25) is 5.91 Å². The standard InChI is InChI=1S/C17H15N3O2/c1-12-9-15(7-8-19-12)20-17(21)6-4-13-3-5-16(22-2)14(10-13)11-18/h3-10H,1-2H3,(H,19,20,21)/b6-4+. The summed E-state index contributed by atoms with van der Waals surface area (Å²) in [5, 5.41) is 11.8. The number of amides is 1. The van der Waals surface area contributed by atoms with E-state index in [0.717, 1.165) is 11.3 Å². The molecule has 0 saturated carbocycles. The SMILES string of the molecule is COc1ccc(/C=C/C(=O)Nc2ccnc(C)c2)cc1C#N. The summed E-state index contributed by atoms with van der Waals surface area (Å²) >= 11 is 0. The van der Waals surface area contributed by atoms with Gasteiger partial charge in [0, 0.05) is 23.7 Å². The topological polar surface area (TPSA) is 75.0 Å². The maximum Gasteiger partial charge on any atom is 0.248 e. The van der Waals surface area contributed by atoms with E-state index in [-0.39, 0.29) is 5.91 Å². The number of pyridine rings is 1. The summed E-state index contributed by atoms with van der Waals surface area (Å²) in [6.45, 7) is 1.85. The molecule has 0 unspecified atom stereocenters. The number of aromatic nitrogens is 1. The van der Waals surface area contributed by atoms with Gasteiger partial charge in [-0.25, -0.2) is 0 Å². The van der Waals surface area contributed by atoms with Gasteiger partial charge in [-0.2, -0.15) is 5.26 Å². The summed E-state index contributed by atoms with van der Waals surface area (Å²) in [7, 11) is 1.51. The molecule has 0 spiro atoms. The van der Waals surface area contributed by atoms with Gasteiger partial charge >= 0.3 is 0 Å². The van der Waals surface area contributed by atoms with Crippen LogP contribution in [0.2, 0.25) is 0 Å². The Kier molecular flexibility index (Phi) is 4.89. The number of anilines is 1. The van der Waals surface area contributed by atoms with Crippen LogP contribution >= 0.6 is 0 Å². The van der Waals surface area contributed by atoms with Gasteiger partial charge in [-0.15, -0.1) is 0 Å². The first-order chi connectivity index (χ1) is 10.6. The average Bonchev–Trinajstić information content (AvgIpc) is 2.52. The molecule has 0 aliphatic carbocycles. The van der Waals surface area contributed by atoms with Crippen LogP contribution in [-0.2, 0) is 4.79 Å². The molecule has 0 aliphatic rings. The van der Waals surface area contributed by atoms with Crippen molar-refractivity contribution in [1.29, 1.82) is 5.26 Å². The lowest BCUT2D eigenvalue weighted by Gasteiger charge is -2.04. The Morgan fingerprint density at radius 1 is 1.36 bits per heavy atom. The largest absolute Gasteiger partial charge is 0.495 e. The zero-order valence-electron chi connectivity index (χ0n) is 12.3. The predicted molar refractivity (Wildman–Crippen MR) is 84.3 cm³/mol. The predicted octanol–water partition coefficient (Wildman–Crippen LogP) is 2.92. The van der Waals surface area contributed by atoms with E-state index in [2.05, 4.69) is 16.4 Å². The van der Waals surface area contributed by atoms with Crippen LogP contribution in [0.25, 0.3) is 6.08 Å². The molecule has 0 atom stereocenters. The third-order valence-corrected chi connectivity index (χ3v) is 2.94. The Morgan fingerprint density at radius 3 is 2.86 bits per heavy atom. The number of hydrogen-bond donors (Lipinski definition) is 1. The summed E-state index contributed by atoms with van der Waals surface area (Å²) in [6, 6.07) is 10.7. The quantitative estimate of drug-likeness (QED) is 0.879. The molecule has 5 nitrogen and oxygen atoms in total. The van der Waals surface area contributed by atoms with Gasteiger partial charge in [-0.05, 0) is 42.8 Å². The summed E-state index contributed by atoms with van der Waals surface area (Å²) < 4.78 is 5.08. The van der Waals surface area contributed by atoms with E-state index >= 15 is 0 Å². The van der Waals surface area contributed by atoms with Crippen molar-refractivity contribution in [3.63, 3.8) is 0 Å². The first kappa shape index (κ1) is 15.3. The molecule has 5 heteroatoms. The van der Waals surface area contributed by atoms with Crippen LogP contribution in [0, 0.1) is 18.3 Å². The molecule has 1 amide bonds. The molecule has 0 bridgehead atoms. The Labute approximate surface area is 128 Å². The smallest absolute Gasteiger partial charge is 0.248 e. The second-order valence-corrected chi connectivity index (χ2v) is 4.58. The molecular weight excluding hydrogens is 278 g/mol. The number of nitriles is 1. The second-order valence-electron chi connectivity index (χ2n) is 4.58. The molecule has 1 heterocycles. The number of nitrogens with one attached hydrogen (secondary N) is 1. The van der Waals surface area contributed by atoms with E-state index in [9.17, 15) is 4.79 Å². The number of carbonyl (C=O) groups excluding carboxylic acids is 1. The van der Waals surface area contributed by atoms with Gasteiger partial charge in [-0.1, -0.05) is 6.07 Å². The molecule has 0 radical (unpaired) electrons. The normalized spacial score (nSPS) is 10.2. The first-order valence-electron chi connectivity index (χ1n) is 6.62. The van der Waals surface area contributed by atoms with Crippen molar-refractivity contribution in [3.8, 4) is 11.8 Å². The Morgan fingerprint density at radius 2 is 2.18 bits per heavy atom. The molecule has 110 valence electrons. The summed E-state index contributed by atoms with van der Waals surface area (Å²) in [5.41, 5.74) is 2.69. The Bertz CT molecular complexity index is 761. The van der Waals surface area contributed by atoms with Crippen molar-refractivity contribution in [1.82, 2.24) is 4.98 Å². The lowest BCUT2D eigenvalue weighted by molar-refractivity contribution is -0.111. The van der Waals surface area contributed by atoms with E-state index in [0.29, 0.717) is 17.0 Å². The third kappa shape index (κ3) is 3.93. The molecule has 1 aromatic heterocycles. The minimum absolute atomic E-state index is 0.250. The van der Waals surface area contributed by atoms with Crippen molar-refractivity contribution >= 4 is 17.7 Å². The molecule has 0 aliphatic heterocycles. The Hall–Kier alpha value is -3.13. The fourth-order valence-electron chi connectivity index (χ4n) is 1.90. The highest BCUT2D eigenvalue weighted by atomic mass is 16.5. The highest BCUT2D eigenvalue weighted by Gasteiger charge is 2.03. The number of aryl methyl sites for hydroxylation is 1. The van der Waals surface area contributed by atoms with Crippen LogP contribution < -0.4 is 10.1 Å². The minimum atomic E-state index is -0.250. The van der Waals surface area contributed by atoms with Gasteiger partial charge in [0.1, 0.15) is 11.8 Å². The summed E-state index contributed by atoms with van der Waals surface area (Å²) in [6.07, 6.45) is 4.69. The van der Waals surface area contributed by atoms with Crippen LogP contribution in [0.3, 0.4) is 0 Å². The molecule has 2 aromatic rings. The molecule has 1 N–H and O–H groups in total. The van der Waals surface area contributed by atoms with Crippen molar-refractivity contribution < 1.29 is 9.53 Å². The lowest BCUT2D eigenvalue weighted by atomic mass is 10.1. The Balaban J connectivity index is 2.08. The molecule has 22 heavy (non-hydrogen) atoms. The number of ether oxygens (including phenoxy) is 1. The molecule has 0 fully saturated rings. The fraction of sp³-hybridized carbons (Fsp3) is 0.118.